The second-order valence-corrected chi connectivity index (χ2v) is 25.8. The summed E-state index contributed by atoms with van der Waals surface area (Å²) in [6.07, 6.45) is 6.98. The maximum Gasteiger partial charge on any atom is 0.343 e. The minimum atomic E-state index is -0.954. The van der Waals surface area contributed by atoms with Gasteiger partial charge in [0.05, 0.1) is 33.4 Å². The molecule has 10 rings (SSSR count). The number of benzene rings is 10. The number of hydrogen-bond donors (Lipinski definition) is 0. The number of fused-ring (bicyclic) bond motifs is 6. The molecule has 0 heterocycles. The summed E-state index contributed by atoms with van der Waals surface area (Å²) in [6.45, 7) is 31.2. The molecule has 0 amide bonds. The number of carbonyl (C=O) groups is 12. The maximum absolute atomic E-state index is 14.9. The van der Waals surface area contributed by atoms with Crippen molar-refractivity contribution in [3.05, 3.63) is 322 Å². The first-order chi connectivity index (χ1) is 51.6. The lowest BCUT2D eigenvalue weighted by molar-refractivity contribution is -0.114. The second kappa shape index (κ2) is 33.4. The summed E-state index contributed by atoms with van der Waals surface area (Å²) >= 11 is 0. The first kappa shape index (κ1) is 76.9. The van der Waals surface area contributed by atoms with Gasteiger partial charge in [0.15, 0.2) is 69.2 Å². The molecule has 0 aromatic heterocycles. The van der Waals surface area contributed by atoms with Gasteiger partial charge in [0, 0.05) is 38.5 Å². The fourth-order valence-electron chi connectivity index (χ4n) is 12.5. The predicted octanol–water partition coefficient (Wildman–Crippen LogP) is 16.1. The number of carbonyl (C=O) groups excluding carboxylic acids is 12. The number of hydrogen-bond acceptors (Lipinski definition) is 18. The van der Waals surface area contributed by atoms with Gasteiger partial charge in [-0.2, -0.15) is 0 Å². The fraction of sp³-hybridized carbons (Fsp3) is 0.133. The van der Waals surface area contributed by atoms with E-state index in [1.54, 1.807) is 114 Å². The Morgan fingerprint density at radius 3 is 0.463 bits per heavy atom. The van der Waals surface area contributed by atoms with E-state index in [2.05, 4.69) is 39.5 Å². The van der Waals surface area contributed by atoms with Gasteiger partial charge >= 0.3 is 35.8 Å². The van der Waals surface area contributed by atoms with E-state index in [-0.39, 0.29) is 173 Å². The molecule has 540 valence electrons. The summed E-state index contributed by atoms with van der Waals surface area (Å²) in [5, 5.41) is 0.827. The lowest BCUT2D eigenvalue weighted by atomic mass is 9.93. The Balaban J connectivity index is 1.28. The van der Waals surface area contributed by atoms with Gasteiger partial charge in [0.1, 0.15) is 0 Å². The van der Waals surface area contributed by atoms with Crippen molar-refractivity contribution >= 4 is 103 Å². The van der Waals surface area contributed by atoms with E-state index in [1.807, 2.05) is 0 Å². The molecule has 0 aliphatic carbocycles. The van der Waals surface area contributed by atoms with Crippen LogP contribution in [0.4, 0.5) is 0 Å². The van der Waals surface area contributed by atoms with Gasteiger partial charge in [0.25, 0.3) is 0 Å². The lowest BCUT2D eigenvalue weighted by Crippen LogP contribution is -2.15. The summed E-state index contributed by atoms with van der Waals surface area (Å²) in [5.74, 6) is -9.57. The van der Waals surface area contributed by atoms with Crippen molar-refractivity contribution < 1.29 is 86.0 Å². The fourth-order valence-corrected chi connectivity index (χ4v) is 12.5. The first-order valence-corrected chi connectivity index (χ1v) is 34.0. The number of ether oxygens (including phenoxy) is 6. The molecule has 0 saturated heterocycles. The van der Waals surface area contributed by atoms with Gasteiger partial charge in [-0.3, -0.25) is 28.8 Å². The molecule has 0 saturated carbocycles. The zero-order chi connectivity index (χ0) is 77.9. The second-order valence-electron chi connectivity index (χ2n) is 25.8. The molecule has 18 nitrogen and oxygen atoms in total. The molecule has 0 bridgehead atoms. The van der Waals surface area contributed by atoms with Crippen LogP contribution in [-0.2, 0) is 67.3 Å². The SMILES string of the molecule is C=CC(=O)Cc1ccc(C(=O)Oc2cc3c4cc(OC(=O)c5ccc(CC(=O)C=C)cc5C)c(OC(=O)c5ccc(CC(=O)C=C)cc5C)cc4c4cc(OC(=O)c5ccc(CC(=O)C=C)cc5C)c(OC(=O)c5ccc(CC(=O)C=C)cc5C)cc4c3cc2OC(=O)c2ccc(CC(=O)C=C)cc2C)c(C)c1. The minimum Gasteiger partial charge on any atom is -0.419 e. The Hall–Kier alpha value is -13.7. The third kappa shape index (κ3) is 17.7. The maximum atomic E-state index is 14.9. The number of ketones is 6. The van der Waals surface area contributed by atoms with E-state index < -0.39 is 35.8 Å². The molecule has 0 fully saturated rings. The molecule has 0 radical (unpaired) electrons. The van der Waals surface area contributed by atoms with Crippen LogP contribution in [0.2, 0.25) is 0 Å². The normalized spacial score (nSPS) is 10.8. The highest BCUT2D eigenvalue weighted by Gasteiger charge is 2.29. The van der Waals surface area contributed by atoms with E-state index in [4.69, 9.17) is 28.4 Å². The van der Waals surface area contributed by atoms with Gasteiger partial charge in [0.2, 0.25) is 0 Å². The molecule has 0 unspecified atom stereocenters. The van der Waals surface area contributed by atoms with Crippen LogP contribution in [0.3, 0.4) is 0 Å². The Bertz CT molecular complexity index is 4700. The predicted molar refractivity (Wildman–Crippen MR) is 409 cm³/mol. The van der Waals surface area contributed by atoms with Crippen molar-refractivity contribution in [2.24, 2.45) is 0 Å². The number of aryl methyl sites for hydroxylation is 6. The molecular formula is C90H72O18. The summed E-state index contributed by atoms with van der Waals surface area (Å²) < 4.78 is 38.0. The van der Waals surface area contributed by atoms with Crippen molar-refractivity contribution in [1.82, 2.24) is 0 Å². The Labute approximate surface area is 621 Å². The molecule has 10 aromatic rings. The summed E-state index contributed by atoms with van der Waals surface area (Å²) in [7, 11) is 0. The monoisotopic (exact) mass is 1440 g/mol. The molecule has 0 aliphatic rings. The molecule has 10 aromatic carbocycles. The number of esters is 6. The number of allylic oxidation sites excluding steroid dienone is 6. The zero-order valence-corrected chi connectivity index (χ0v) is 60.2. The quantitative estimate of drug-likeness (QED) is 0.0175. The third-order valence-electron chi connectivity index (χ3n) is 18.0. The highest BCUT2D eigenvalue weighted by Crippen LogP contribution is 2.48. The Morgan fingerprint density at radius 2 is 0.352 bits per heavy atom. The van der Waals surface area contributed by atoms with Crippen LogP contribution in [0.25, 0.3) is 32.3 Å². The van der Waals surface area contributed by atoms with Gasteiger partial charge in [-0.25, -0.2) is 28.8 Å². The highest BCUT2D eigenvalue weighted by atomic mass is 16.6. The van der Waals surface area contributed by atoms with Crippen molar-refractivity contribution in [3.63, 3.8) is 0 Å². The van der Waals surface area contributed by atoms with Crippen molar-refractivity contribution in [1.29, 1.82) is 0 Å². The van der Waals surface area contributed by atoms with Gasteiger partial charge in [-0.1, -0.05) is 112 Å². The molecule has 0 N–H and O–H groups in total. The van der Waals surface area contributed by atoms with Crippen molar-refractivity contribution in [2.45, 2.75) is 80.1 Å². The lowest BCUT2D eigenvalue weighted by Gasteiger charge is -2.20. The minimum absolute atomic E-state index is 0.0173. The first-order valence-electron chi connectivity index (χ1n) is 34.0. The average Bonchev–Trinajstić information content (AvgIpc) is 0.721. The van der Waals surface area contributed by atoms with E-state index in [9.17, 15) is 57.5 Å². The molecular weight excluding hydrogens is 1370 g/mol. The molecule has 108 heavy (non-hydrogen) atoms. The van der Waals surface area contributed by atoms with Crippen LogP contribution in [0.1, 0.15) is 129 Å². The van der Waals surface area contributed by atoms with Crippen LogP contribution >= 0.6 is 0 Å². The standard InChI is InChI=1S/C90H72O18/c1-13-61(91)37-55-19-25-67(49(7)31-55)85(97)103-79-43-73-74(44-80(79)104-86(98)68-26-20-56(32-50(68)8)38-62(92)14-2)76-46-82(106-88(100)70-28-22-58(34-52(70)10)40-64(94)16-4)84(108-90(102)72-30-24-60(36-54(72)12)42-66(96)18-6)48-78(76)77-47-83(107-89(101)71-29-23-59(35-53(71)11)41-65(95)17-5)81(45-75(73)77)105-87(99)69-27-21-57(33-51(69)9)39-63(93)15-3/h13-36,43-48H,1-6,37-42H2,7-12H3. The van der Waals surface area contributed by atoms with Crippen LogP contribution < -0.4 is 28.4 Å². The van der Waals surface area contributed by atoms with Gasteiger partial charge in [-0.15, -0.1) is 0 Å². The molecule has 0 aliphatic heterocycles. The Kier molecular flexibility index (Phi) is 23.7. The van der Waals surface area contributed by atoms with Crippen molar-refractivity contribution in [2.75, 3.05) is 0 Å². The largest absolute Gasteiger partial charge is 0.419 e. The van der Waals surface area contributed by atoms with Crippen LogP contribution in [0.15, 0.2) is 222 Å². The molecule has 0 atom stereocenters. The smallest absolute Gasteiger partial charge is 0.343 e. The summed E-state index contributed by atoms with van der Waals surface area (Å²) in [6, 6.07) is 36.3. The van der Waals surface area contributed by atoms with E-state index in [0.717, 1.165) is 0 Å². The third-order valence-corrected chi connectivity index (χ3v) is 18.0. The van der Waals surface area contributed by atoms with Crippen LogP contribution in [0.5, 0.6) is 34.5 Å². The topological polar surface area (TPSA) is 260 Å². The molecule has 18 heteroatoms. The van der Waals surface area contributed by atoms with E-state index >= 15 is 0 Å². The average molecular weight is 1440 g/mol. The van der Waals surface area contributed by atoms with Gasteiger partial charge in [-0.05, 0) is 250 Å². The van der Waals surface area contributed by atoms with Crippen LogP contribution in [-0.4, -0.2) is 70.5 Å². The van der Waals surface area contributed by atoms with Crippen molar-refractivity contribution in [3.8, 4) is 34.5 Å². The number of rotatable bonds is 30. The van der Waals surface area contributed by atoms with E-state index in [1.165, 1.54) is 109 Å². The van der Waals surface area contributed by atoms with E-state index in [0.29, 0.717) is 66.8 Å². The zero-order valence-electron chi connectivity index (χ0n) is 60.2. The summed E-state index contributed by atoms with van der Waals surface area (Å²) in [4.78, 5) is 164. The van der Waals surface area contributed by atoms with Gasteiger partial charge < -0.3 is 28.4 Å². The Morgan fingerprint density at radius 1 is 0.222 bits per heavy atom. The highest BCUT2D eigenvalue weighted by molar-refractivity contribution is 6.27. The molecule has 0 spiro atoms. The van der Waals surface area contributed by atoms with Crippen LogP contribution in [0, 0.1) is 41.5 Å². The summed E-state index contributed by atoms with van der Waals surface area (Å²) in [5.41, 5.74) is 6.00.